The van der Waals surface area contributed by atoms with Crippen molar-refractivity contribution in [2.24, 2.45) is 0 Å². The first-order valence-electron chi connectivity index (χ1n) is 8.86. The molecule has 6 nitrogen and oxygen atoms in total. The first-order valence-corrected chi connectivity index (χ1v) is 8.86. The molecule has 1 aromatic heterocycles. The molecule has 0 radical (unpaired) electrons. The largest absolute Gasteiger partial charge is 0.451 e. The van der Waals surface area contributed by atoms with Crippen LogP contribution in [0.3, 0.4) is 0 Å². The molecular weight excluding hydrogens is 380 g/mol. The molecule has 1 N–H and O–H groups in total. The minimum atomic E-state index is -2.81. The molecule has 2 aromatic carbocycles. The van der Waals surface area contributed by atoms with E-state index in [2.05, 4.69) is 10.3 Å². The third kappa shape index (κ3) is 4.84. The van der Waals surface area contributed by atoms with Crippen LogP contribution in [-0.4, -0.2) is 21.4 Å². The highest BCUT2D eigenvalue weighted by atomic mass is 19.3. The molecule has 0 aliphatic rings. The SMILES string of the molecule is CC(=O)Nc1ccc(/C=C/C(=O)OC(C)c2nc3ccccc3n2C(F)F)cc1. The predicted octanol–water partition coefficient (Wildman–Crippen LogP) is 4.71. The lowest BCUT2D eigenvalue weighted by molar-refractivity contribution is -0.143. The zero-order valence-electron chi connectivity index (χ0n) is 15.8. The summed E-state index contributed by atoms with van der Waals surface area (Å²) in [7, 11) is 0. The summed E-state index contributed by atoms with van der Waals surface area (Å²) >= 11 is 0. The molecule has 3 rings (SSSR count). The summed E-state index contributed by atoms with van der Waals surface area (Å²) in [4.78, 5) is 27.3. The number of hydrogen-bond donors (Lipinski definition) is 1. The normalized spacial score (nSPS) is 12.4. The molecule has 0 saturated carbocycles. The number of fused-ring (bicyclic) bond motifs is 1. The van der Waals surface area contributed by atoms with Crippen molar-refractivity contribution >= 4 is 34.7 Å². The number of anilines is 1. The van der Waals surface area contributed by atoms with Crippen LogP contribution in [0.4, 0.5) is 14.5 Å². The Labute approximate surface area is 165 Å². The monoisotopic (exact) mass is 399 g/mol. The molecular formula is C21H19F2N3O3. The Bertz CT molecular complexity index is 1060. The number of carbonyl (C=O) groups is 2. The van der Waals surface area contributed by atoms with Gasteiger partial charge in [-0.2, -0.15) is 8.78 Å². The molecule has 29 heavy (non-hydrogen) atoms. The number of halogens is 2. The molecule has 1 atom stereocenters. The molecule has 0 saturated heterocycles. The van der Waals surface area contributed by atoms with E-state index in [1.165, 1.54) is 32.1 Å². The second kappa shape index (κ2) is 8.64. The molecule has 0 fully saturated rings. The number of nitrogens with one attached hydrogen (secondary N) is 1. The molecule has 0 aliphatic heterocycles. The number of esters is 1. The van der Waals surface area contributed by atoms with Crippen LogP contribution in [0.5, 0.6) is 0 Å². The Balaban J connectivity index is 1.71. The first-order chi connectivity index (χ1) is 13.8. The minimum absolute atomic E-state index is 0.0254. The second-order valence-electron chi connectivity index (χ2n) is 6.32. The molecule has 0 bridgehead atoms. The van der Waals surface area contributed by atoms with Gasteiger partial charge in [-0.3, -0.25) is 9.36 Å². The molecule has 1 amide bonds. The van der Waals surface area contributed by atoms with Crippen LogP contribution in [0, 0.1) is 0 Å². The van der Waals surface area contributed by atoms with E-state index in [9.17, 15) is 18.4 Å². The Morgan fingerprint density at radius 1 is 1.14 bits per heavy atom. The fourth-order valence-corrected chi connectivity index (χ4v) is 2.87. The van der Waals surface area contributed by atoms with Crippen molar-refractivity contribution in [2.75, 3.05) is 5.32 Å². The van der Waals surface area contributed by atoms with Gasteiger partial charge in [0.05, 0.1) is 11.0 Å². The number of alkyl halides is 2. The Hall–Kier alpha value is -3.55. The Morgan fingerprint density at radius 2 is 1.83 bits per heavy atom. The number of rotatable bonds is 6. The summed E-state index contributed by atoms with van der Waals surface area (Å²) in [6, 6.07) is 13.3. The number of amides is 1. The smallest absolute Gasteiger partial charge is 0.331 e. The second-order valence-corrected chi connectivity index (χ2v) is 6.32. The number of hydrogen-bond acceptors (Lipinski definition) is 4. The number of carbonyl (C=O) groups excluding carboxylic acids is 2. The van der Waals surface area contributed by atoms with Gasteiger partial charge >= 0.3 is 12.5 Å². The van der Waals surface area contributed by atoms with Crippen molar-refractivity contribution in [1.82, 2.24) is 9.55 Å². The van der Waals surface area contributed by atoms with Gasteiger partial charge in [-0.15, -0.1) is 0 Å². The van der Waals surface area contributed by atoms with Gasteiger partial charge in [-0.05, 0) is 42.8 Å². The lowest BCUT2D eigenvalue weighted by atomic mass is 10.2. The molecule has 3 aromatic rings. The molecule has 0 aliphatic carbocycles. The van der Waals surface area contributed by atoms with Crippen LogP contribution < -0.4 is 5.32 Å². The molecule has 8 heteroatoms. The number of para-hydroxylation sites is 2. The molecule has 150 valence electrons. The van der Waals surface area contributed by atoms with E-state index in [4.69, 9.17) is 4.74 Å². The fraction of sp³-hybridized carbons (Fsp3) is 0.190. The molecule has 1 unspecified atom stereocenters. The van der Waals surface area contributed by atoms with E-state index in [-0.39, 0.29) is 17.2 Å². The lowest BCUT2D eigenvalue weighted by Crippen LogP contribution is -2.13. The maximum Gasteiger partial charge on any atom is 0.331 e. The van der Waals surface area contributed by atoms with Gasteiger partial charge in [0.15, 0.2) is 11.9 Å². The van der Waals surface area contributed by atoms with E-state index in [0.29, 0.717) is 16.8 Å². The van der Waals surface area contributed by atoms with Crippen LogP contribution in [0.15, 0.2) is 54.6 Å². The quantitative estimate of drug-likeness (QED) is 0.481. The Morgan fingerprint density at radius 3 is 2.48 bits per heavy atom. The van der Waals surface area contributed by atoms with E-state index < -0.39 is 18.6 Å². The van der Waals surface area contributed by atoms with Gasteiger partial charge in [0.2, 0.25) is 5.91 Å². The number of imidazole rings is 1. The van der Waals surface area contributed by atoms with Crippen molar-refractivity contribution in [3.05, 3.63) is 66.0 Å². The average molecular weight is 399 g/mol. The predicted molar refractivity (Wildman–Crippen MR) is 105 cm³/mol. The van der Waals surface area contributed by atoms with Gasteiger partial charge in [0.1, 0.15) is 0 Å². The summed E-state index contributed by atoms with van der Waals surface area (Å²) in [6.45, 7) is 0.0951. The van der Waals surface area contributed by atoms with Gasteiger partial charge < -0.3 is 10.1 Å². The summed E-state index contributed by atoms with van der Waals surface area (Å²) in [5.41, 5.74) is 2.02. The van der Waals surface area contributed by atoms with Crippen molar-refractivity contribution in [3.8, 4) is 0 Å². The summed E-state index contributed by atoms with van der Waals surface area (Å²) in [6.07, 6.45) is 1.78. The standard InChI is InChI=1S/C21H19F2N3O3/c1-13(20-25-17-5-3-4-6-18(17)26(20)21(22)23)29-19(28)12-9-15-7-10-16(11-8-15)24-14(2)27/h3-13,21H,1-2H3,(H,24,27)/b12-9+. The van der Waals surface area contributed by atoms with Crippen LogP contribution in [0.25, 0.3) is 17.1 Å². The maximum absolute atomic E-state index is 13.5. The van der Waals surface area contributed by atoms with E-state index in [0.717, 1.165) is 4.57 Å². The number of ether oxygens (including phenoxy) is 1. The zero-order chi connectivity index (χ0) is 21.0. The topological polar surface area (TPSA) is 73.2 Å². The average Bonchev–Trinajstić information content (AvgIpc) is 3.07. The summed E-state index contributed by atoms with van der Waals surface area (Å²) < 4.78 is 33.0. The van der Waals surface area contributed by atoms with Crippen LogP contribution in [0.2, 0.25) is 0 Å². The van der Waals surface area contributed by atoms with E-state index in [1.54, 1.807) is 42.5 Å². The zero-order valence-corrected chi connectivity index (χ0v) is 15.8. The third-order valence-electron chi connectivity index (χ3n) is 4.12. The highest BCUT2D eigenvalue weighted by molar-refractivity contribution is 5.89. The lowest BCUT2D eigenvalue weighted by Gasteiger charge is -2.14. The highest BCUT2D eigenvalue weighted by Gasteiger charge is 2.23. The van der Waals surface area contributed by atoms with Crippen molar-refractivity contribution < 1.29 is 23.1 Å². The van der Waals surface area contributed by atoms with Crippen molar-refractivity contribution in [3.63, 3.8) is 0 Å². The Kier molecular flexibility index (Phi) is 6.01. The van der Waals surface area contributed by atoms with E-state index >= 15 is 0 Å². The van der Waals surface area contributed by atoms with Gasteiger partial charge in [-0.1, -0.05) is 24.3 Å². The van der Waals surface area contributed by atoms with Gasteiger partial charge in [-0.25, -0.2) is 9.78 Å². The summed E-state index contributed by atoms with van der Waals surface area (Å²) in [5.74, 6) is -0.889. The number of nitrogens with zero attached hydrogens (tertiary/aromatic N) is 2. The molecule has 1 heterocycles. The maximum atomic E-state index is 13.5. The number of aromatic nitrogens is 2. The highest BCUT2D eigenvalue weighted by Crippen LogP contribution is 2.28. The first kappa shape index (κ1) is 20.2. The van der Waals surface area contributed by atoms with Gasteiger partial charge in [0, 0.05) is 18.7 Å². The van der Waals surface area contributed by atoms with Crippen LogP contribution in [0.1, 0.15) is 37.9 Å². The minimum Gasteiger partial charge on any atom is -0.451 e. The van der Waals surface area contributed by atoms with Crippen molar-refractivity contribution in [2.45, 2.75) is 26.5 Å². The van der Waals surface area contributed by atoms with E-state index in [1.807, 2.05) is 0 Å². The number of benzene rings is 2. The third-order valence-corrected chi connectivity index (χ3v) is 4.12. The van der Waals surface area contributed by atoms with Crippen LogP contribution in [-0.2, 0) is 14.3 Å². The molecule has 0 spiro atoms. The van der Waals surface area contributed by atoms with Crippen molar-refractivity contribution in [1.29, 1.82) is 0 Å². The fourth-order valence-electron chi connectivity index (χ4n) is 2.87. The van der Waals surface area contributed by atoms with Crippen LogP contribution >= 0.6 is 0 Å². The summed E-state index contributed by atoms with van der Waals surface area (Å²) in [5, 5.41) is 2.64. The van der Waals surface area contributed by atoms with Gasteiger partial charge in [0.25, 0.3) is 0 Å².